The second kappa shape index (κ2) is 7.66. The van der Waals surface area contributed by atoms with E-state index in [4.69, 9.17) is 0 Å². The van der Waals surface area contributed by atoms with E-state index in [2.05, 4.69) is 27.2 Å². The summed E-state index contributed by atoms with van der Waals surface area (Å²) in [5.74, 6) is 0.249. The number of likely N-dealkylation sites (N-methyl/N-ethyl adjacent to an activating group) is 1. The van der Waals surface area contributed by atoms with E-state index in [1.165, 1.54) is 0 Å². The van der Waals surface area contributed by atoms with Gasteiger partial charge in [-0.15, -0.1) is 11.3 Å². The summed E-state index contributed by atoms with van der Waals surface area (Å²) in [5.41, 5.74) is 2.08. The minimum absolute atomic E-state index is 0.249. The van der Waals surface area contributed by atoms with Crippen molar-refractivity contribution in [2.45, 2.75) is 19.8 Å². The molecule has 5 nitrogen and oxygen atoms in total. The number of pyridine rings is 1. The van der Waals surface area contributed by atoms with E-state index in [9.17, 15) is 4.79 Å². The monoisotopic (exact) mass is 330 g/mol. The molecule has 0 spiro atoms. The standard InChI is InChI=1S/C17H22N4OS/c1-2-20-9-11-21(12-10-20)16(22)4-3-15-13-23-17(19-15)14-5-7-18-8-6-14/h5-8,13H,2-4,9-12H2,1H3. The first kappa shape index (κ1) is 16.1. The van der Waals surface area contributed by atoms with Gasteiger partial charge in [-0.2, -0.15) is 0 Å². The van der Waals surface area contributed by atoms with Gasteiger partial charge in [0, 0.05) is 55.9 Å². The maximum Gasteiger partial charge on any atom is 0.223 e. The highest BCUT2D eigenvalue weighted by Crippen LogP contribution is 2.23. The molecule has 23 heavy (non-hydrogen) atoms. The van der Waals surface area contributed by atoms with Crippen LogP contribution in [0.3, 0.4) is 0 Å². The number of rotatable bonds is 5. The lowest BCUT2D eigenvalue weighted by Gasteiger charge is -2.34. The number of carbonyl (C=O) groups excluding carboxylic acids is 1. The molecule has 0 bridgehead atoms. The van der Waals surface area contributed by atoms with Gasteiger partial charge < -0.3 is 9.80 Å². The Kier molecular flexibility index (Phi) is 5.35. The van der Waals surface area contributed by atoms with Gasteiger partial charge in [0.25, 0.3) is 0 Å². The summed E-state index contributed by atoms with van der Waals surface area (Å²) >= 11 is 1.62. The molecule has 3 rings (SSSR count). The zero-order valence-electron chi connectivity index (χ0n) is 13.4. The quantitative estimate of drug-likeness (QED) is 0.844. The van der Waals surface area contributed by atoms with Gasteiger partial charge in [-0.1, -0.05) is 6.92 Å². The fraction of sp³-hybridized carbons (Fsp3) is 0.471. The normalized spacial score (nSPS) is 15.8. The summed E-state index contributed by atoms with van der Waals surface area (Å²) in [7, 11) is 0. The number of hydrogen-bond acceptors (Lipinski definition) is 5. The number of hydrogen-bond donors (Lipinski definition) is 0. The zero-order valence-corrected chi connectivity index (χ0v) is 14.3. The maximum atomic E-state index is 12.3. The Balaban J connectivity index is 1.51. The van der Waals surface area contributed by atoms with E-state index >= 15 is 0 Å². The molecule has 0 radical (unpaired) electrons. The van der Waals surface area contributed by atoms with Crippen molar-refractivity contribution in [3.05, 3.63) is 35.6 Å². The van der Waals surface area contributed by atoms with Crippen molar-refractivity contribution in [3.63, 3.8) is 0 Å². The average molecular weight is 330 g/mol. The smallest absolute Gasteiger partial charge is 0.223 e. The first-order chi connectivity index (χ1) is 11.3. The first-order valence-electron chi connectivity index (χ1n) is 8.11. The van der Waals surface area contributed by atoms with Gasteiger partial charge in [0.2, 0.25) is 5.91 Å². The minimum Gasteiger partial charge on any atom is -0.340 e. The molecule has 1 fully saturated rings. The van der Waals surface area contributed by atoms with Crippen molar-refractivity contribution in [1.82, 2.24) is 19.8 Å². The van der Waals surface area contributed by atoms with Crippen LogP contribution in [0.4, 0.5) is 0 Å². The molecule has 6 heteroatoms. The molecule has 0 unspecified atom stereocenters. The number of carbonyl (C=O) groups is 1. The average Bonchev–Trinajstić information content (AvgIpc) is 3.09. The molecular formula is C17H22N4OS. The van der Waals surface area contributed by atoms with Gasteiger partial charge in [-0.3, -0.25) is 9.78 Å². The SMILES string of the molecule is CCN1CCN(C(=O)CCc2csc(-c3ccncc3)n2)CC1. The molecule has 1 aliphatic rings. The van der Waals surface area contributed by atoms with E-state index in [-0.39, 0.29) is 5.91 Å². The summed E-state index contributed by atoms with van der Waals surface area (Å²) < 4.78 is 0. The van der Waals surface area contributed by atoms with Gasteiger partial charge in [0.05, 0.1) is 5.69 Å². The molecular weight excluding hydrogens is 308 g/mol. The molecule has 0 N–H and O–H groups in total. The number of amides is 1. The van der Waals surface area contributed by atoms with Crippen LogP contribution in [0, 0.1) is 0 Å². The van der Waals surface area contributed by atoms with Crippen LogP contribution in [0.2, 0.25) is 0 Å². The molecule has 122 valence electrons. The van der Waals surface area contributed by atoms with Crippen molar-refractivity contribution >= 4 is 17.2 Å². The van der Waals surface area contributed by atoms with E-state index in [1.54, 1.807) is 23.7 Å². The lowest BCUT2D eigenvalue weighted by molar-refractivity contribution is -0.132. The van der Waals surface area contributed by atoms with Gasteiger partial charge in [0.1, 0.15) is 5.01 Å². The Morgan fingerprint density at radius 2 is 1.96 bits per heavy atom. The van der Waals surface area contributed by atoms with E-state index in [1.807, 2.05) is 17.0 Å². The fourth-order valence-electron chi connectivity index (χ4n) is 2.76. The molecule has 2 aromatic rings. The highest BCUT2D eigenvalue weighted by Gasteiger charge is 2.20. The number of aryl methyl sites for hydroxylation is 1. The molecule has 3 heterocycles. The number of thiazole rings is 1. The Morgan fingerprint density at radius 3 is 2.65 bits per heavy atom. The number of piperazine rings is 1. The van der Waals surface area contributed by atoms with Gasteiger partial charge >= 0.3 is 0 Å². The zero-order chi connectivity index (χ0) is 16.1. The largest absolute Gasteiger partial charge is 0.340 e. The van der Waals surface area contributed by atoms with Crippen LogP contribution in [0.5, 0.6) is 0 Å². The van der Waals surface area contributed by atoms with Crippen LogP contribution in [0.25, 0.3) is 10.6 Å². The van der Waals surface area contributed by atoms with Crippen molar-refractivity contribution in [2.24, 2.45) is 0 Å². The van der Waals surface area contributed by atoms with Crippen molar-refractivity contribution in [3.8, 4) is 10.6 Å². The summed E-state index contributed by atoms with van der Waals surface area (Å²) in [4.78, 5) is 25.3. The van der Waals surface area contributed by atoms with Crippen LogP contribution >= 0.6 is 11.3 Å². The van der Waals surface area contributed by atoms with Crippen molar-refractivity contribution in [1.29, 1.82) is 0 Å². The Hall–Kier alpha value is -1.79. The third kappa shape index (κ3) is 4.14. The molecule has 1 saturated heterocycles. The summed E-state index contributed by atoms with van der Waals surface area (Å²) in [6.07, 6.45) is 4.81. The lowest BCUT2D eigenvalue weighted by Crippen LogP contribution is -2.48. The maximum absolute atomic E-state index is 12.3. The summed E-state index contributed by atoms with van der Waals surface area (Å²) in [5, 5.41) is 3.05. The number of aromatic nitrogens is 2. The van der Waals surface area contributed by atoms with Crippen LogP contribution in [-0.2, 0) is 11.2 Å². The van der Waals surface area contributed by atoms with Gasteiger partial charge in [-0.25, -0.2) is 4.98 Å². The van der Waals surface area contributed by atoms with Gasteiger partial charge in [-0.05, 0) is 25.1 Å². The first-order valence-corrected chi connectivity index (χ1v) is 8.99. The van der Waals surface area contributed by atoms with Crippen LogP contribution in [-0.4, -0.2) is 58.4 Å². The Bertz CT molecular complexity index is 635. The van der Waals surface area contributed by atoms with E-state index in [0.717, 1.165) is 49.0 Å². The highest BCUT2D eigenvalue weighted by atomic mass is 32.1. The third-order valence-corrected chi connectivity index (χ3v) is 5.19. The van der Waals surface area contributed by atoms with Crippen molar-refractivity contribution in [2.75, 3.05) is 32.7 Å². The molecule has 0 aliphatic carbocycles. The van der Waals surface area contributed by atoms with Crippen LogP contribution < -0.4 is 0 Å². The second-order valence-corrected chi connectivity index (χ2v) is 6.55. The molecule has 1 amide bonds. The predicted octanol–water partition coefficient (Wildman–Crippen LogP) is 2.30. The molecule has 1 aliphatic heterocycles. The second-order valence-electron chi connectivity index (χ2n) is 5.69. The molecule has 0 aromatic carbocycles. The Morgan fingerprint density at radius 1 is 1.22 bits per heavy atom. The van der Waals surface area contributed by atoms with Gasteiger partial charge in [0.15, 0.2) is 0 Å². The molecule has 0 atom stereocenters. The highest BCUT2D eigenvalue weighted by molar-refractivity contribution is 7.13. The lowest BCUT2D eigenvalue weighted by atomic mass is 10.2. The fourth-order valence-corrected chi connectivity index (χ4v) is 3.62. The molecule has 2 aromatic heterocycles. The topological polar surface area (TPSA) is 49.3 Å². The number of nitrogens with zero attached hydrogens (tertiary/aromatic N) is 4. The summed E-state index contributed by atoms with van der Waals surface area (Å²) in [6, 6.07) is 3.92. The predicted molar refractivity (Wildman–Crippen MR) is 92.4 cm³/mol. The van der Waals surface area contributed by atoms with E-state index in [0.29, 0.717) is 12.8 Å². The minimum atomic E-state index is 0.249. The van der Waals surface area contributed by atoms with Crippen molar-refractivity contribution < 1.29 is 4.79 Å². The van der Waals surface area contributed by atoms with Crippen LogP contribution in [0.15, 0.2) is 29.9 Å². The van der Waals surface area contributed by atoms with Crippen LogP contribution in [0.1, 0.15) is 19.0 Å². The summed E-state index contributed by atoms with van der Waals surface area (Å²) in [6.45, 7) is 6.92. The molecule has 0 saturated carbocycles. The third-order valence-electron chi connectivity index (χ3n) is 4.25. The van der Waals surface area contributed by atoms with E-state index < -0.39 is 0 Å². The Labute approximate surface area is 141 Å².